The molecule has 0 amide bonds. The highest BCUT2D eigenvalue weighted by atomic mass is 35.5. The van der Waals surface area contributed by atoms with E-state index in [0.29, 0.717) is 17.0 Å². The first-order chi connectivity index (χ1) is 15.9. The number of nitrogens with one attached hydrogen (secondary N) is 1. The zero-order valence-electron chi connectivity index (χ0n) is 17.3. The van der Waals surface area contributed by atoms with Crippen LogP contribution in [0, 0.1) is 5.82 Å². The van der Waals surface area contributed by atoms with Gasteiger partial charge in [-0.3, -0.25) is 4.79 Å². The van der Waals surface area contributed by atoms with E-state index < -0.39 is 17.2 Å². The molecule has 0 aliphatic heterocycles. The number of benzene rings is 2. The Morgan fingerprint density at radius 1 is 1.24 bits per heavy atom. The molecule has 2 aromatic heterocycles. The number of halogens is 2. The molecule has 1 aliphatic carbocycles. The van der Waals surface area contributed by atoms with E-state index in [0.717, 1.165) is 30.2 Å². The van der Waals surface area contributed by atoms with Crippen molar-refractivity contribution in [3.05, 3.63) is 92.7 Å². The molecule has 9 heteroatoms. The minimum atomic E-state index is -1.33. The van der Waals surface area contributed by atoms with E-state index in [4.69, 9.17) is 11.6 Å². The van der Waals surface area contributed by atoms with Gasteiger partial charge in [-0.15, -0.1) is 0 Å². The third kappa shape index (κ3) is 4.29. The van der Waals surface area contributed by atoms with Crippen molar-refractivity contribution in [3.8, 4) is 0 Å². The summed E-state index contributed by atoms with van der Waals surface area (Å²) in [5.41, 5.74) is 1.18. The van der Waals surface area contributed by atoms with Gasteiger partial charge in [-0.2, -0.15) is 0 Å². The molecule has 0 radical (unpaired) electrons. The quantitative estimate of drug-likeness (QED) is 0.419. The van der Waals surface area contributed by atoms with Crippen molar-refractivity contribution in [2.45, 2.75) is 25.3 Å². The largest absolute Gasteiger partial charge is 0.477 e. The number of aromatic carboxylic acids is 1. The summed E-state index contributed by atoms with van der Waals surface area (Å²) in [5, 5.41) is 12.9. The number of anilines is 2. The highest BCUT2D eigenvalue weighted by Crippen LogP contribution is 2.38. The van der Waals surface area contributed by atoms with Gasteiger partial charge >= 0.3 is 5.97 Å². The van der Waals surface area contributed by atoms with Gasteiger partial charge in [0, 0.05) is 35.3 Å². The molecular formula is C24H18ClFN4O3. The second-order valence-corrected chi connectivity index (χ2v) is 8.40. The number of nitrogens with zero attached hydrogens (tertiary/aromatic N) is 3. The summed E-state index contributed by atoms with van der Waals surface area (Å²) in [4.78, 5) is 32.7. The van der Waals surface area contributed by atoms with Crippen LogP contribution in [0.4, 0.5) is 16.0 Å². The molecule has 1 saturated carbocycles. The lowest BCUT2D eigenvalue weighted by Crippen LogP contribution is -2.19. The molecule has 0 atom stereocenters. The van der Waals surface area contributed by atoms with Gasteiger partial charge in [0.2, 0.25) is 11.4 Å². The Balaban J connectivity index is 1.51. The van der Waals surface area contributed by atoms with Crippen molar-refractivity contribution in [3.63, 3.8) is 0 Å². The lowest BCUT2D eigenvalue weighted by Gasteiger charge is -2.14. The van der Waals surface area contributed by atoms with Crippen molar-refractivity contribution in [1.82, 2.24) is 14.5 Å². The van der Waals surface area contributed by atoms with Crippen LogP contribution < -0.4 is 10.7 Å². The predicted molar refractivity (Wildman–Crippen MR) is 123 cm³/mol. The van der Waals surface area contributed by atoms with Crippen LogP contribution in [0.3, 0.4) is 0 Å². The maximum Gasteiger partial charge on any atom is 0.341 e. The third-order valence-electron chi connectivity index (χ3n) is 5.53. The maximum absolute atomic E-state index is 14.9. The Morgan fingerprint density at radius 3 is 2.79 bits per heavy atom. The molecule has 2 aromatic carbocycles. The molecule has 0 unspecified atom stereocenters. The zero-order chi connectivity index (χ0) is 23.1. The zero-order valence-corrected chi connectivity index (χ0v) is 18.0. The number of hydrogen-bond donors (Lipinski definition) is 2. The number of carboxylic acids is 1. The van der Waals surface area contributed by atoms with Gasteiger partial charge in [0.1, 0.15) is 11.4 Å². The van der Waals surface area contributed by atoms with Gasteiger partial charge < -0.3 is 15.0 Å². The molecule has 2 heterocycles. The smallest absolute Gasteiger partial charge is 0.341 e. The summed E-state index contributed by atoms with van der Waals surface area (Å²) in [6.45, 7) is 0. The van der Waals surface area contributed by atoms with E-state index in [-0.39, 0.29) is 28.6 Å². The summed E-state index contributed by atoms with van der Waals surface area (Å²) in [7, 11) is 0. The normalized spacial score (nSPS) is 13.3. The summed E-state index contributed by atoms with van der Waals surface area (Å²) in [6, 6.07) is 11.9. The Hall–Kier alpha value is -3.78. The number of hydrogen-bond acceptors (Lipinski definition) is 5. The average molecular weight is 465 g/mol. The molecule has 1 aliphatic rings. The summed E-state index contributed by atoms with van der Waals surface area (Å²) >= 11 is 6.05. The summed E-state index contributed by atoms with van der Waals surface area (Å²) < 4.78 is 16.7. The lowest BCUT2D eigenvalue weighted by atomic mass is 10.1. The number of fused-ring (bicyclic) bond motifs is 1. The standard InChI is InChI=1S/C24H18ClFN4O3/c25-14-3-1-2-13(8-14)9-15-6-7-27-24(28-15)29-20-11-21-17(10-19(20)26)22(31)18(23(32)33)12-30(21)16-4-5-16/h1-3,6-8,10-12,16H,4-5,9H2,(H,32,33)(H,27,28,29). The first-order valence-corrected chi connectivity index (χ1v) is 10.7. The fourth-order valence-electron chi connectivity index (χ4n) is 3.80. The number of carboxylic acid groups (broad SMARTS) is 1. The molecule has 0 bridgehead atoms. The fraction of sp³-hybridized carbons (Fsp3) is 0.167. The minimum absolute atomic E-state index is 0.0282. The van der Waals surface area contributed by atoms with E-state index in [1.54, 1.807) is 22.9 Å². The van der Waals surface area contributed by atoms with Crippen LogP contribution >= 0.6 is 11.6 Å². The Bertz CT molecular complexity index is 1470. The first kappa shape index (κ1) is 21.1. The van der Waals surface area contributed by atoms with E-state index >= 15 is 0 Å². The van der Waals surface area contributed by atoms with Crippen molar-refractivity contribution >= 4 is 40.1 Å². The van der Waals surface area contributed by atoms with Crippen molar-refractivity contribution in [2.24, 2.45) is 0 Å². The molecule has 1 fully saturated rings. The van der Waals surface area contributed by atoms with E-state index in [2.05, 4.69) is 15.3 Å². The topological polar surface area (TPSA) is 97.1 Å². The van der Waals surface area contributed by atoms with E-state index in [1.165, 1.54) is 12.3 Å². The van der Waals surface area contributed by atoms with Crippen LogP contribution in [0.2, 0.25) is 5.02 Å². The van der Waals surface area contributed by atoms with E-state index in [9.17, 15) is 19.1 Å². The van der Waals surface area contributed by atoms with Crippen LogP contribution in [-0.2, 0) is 6.42 Å². The van der Waals surface area contributed by atoms with Gasteiger partial charge in [-0.05, 0) is 48.7 Å². The van der Waals surface area contributed by atoms with Gasteiger partial charge in [0.15, 0.2) is 0 Å². The molecule has 4 aromatic rings. The van der Waals surface area contributed by atoms with Crippen LogP contribution in [0.15, 0.2) is 59.7 Å². The minimum Gasteiger partial charge on any atom is -0.477 e. The van der Waals surface area contributed by atoms with Crippen molar-refractivity contribution in [1.29, 1.82) is 0 Å². The van der Waals surface area contributed by atoms with Gasteiger partial charge in [-0.1, -0.05) is 23.7 Å². The first-order valence-electron chi connectivity index (χ1n) is 10.3. The van der Waals surface area contributed by atoms with Gasteiger partial charge in [0.25, 0.3) is 0 Å². The molecule has 5 rings (SSSR count). The van der Waals surface area contributed by atoms with Crippen molar-refractivity contribution in [2.75, 3.05) is 5.32 Å². The third-order valence-corrected chi connectivity index (χ3v) is 5.76. The Kier molecular flexibility index (Phi) is 5.30. The molecule has 7 nitrogen and oxygen atoms in total. The second kappa shape index (κ2) is 8.29. The lowest BCUT2D eigenvalue weighted by molar-refractivity contribution is 0.0695. The van der Waals surface area contributed by atoms with Gasteiger partial charge in [-0.25, -0.2) is 19.2 Å². The molecule has 166 valence electrons. The Morgan fingerprint density at radius 2 is 2.06 bits per heavy atom. The van der Waals surface area contributed by atoms with Crippen LogP contribution in [-0.4, -0.2) is 25.6 Å². The number of rotatable bonds is 6. The number of pyridine rings is 1. The van der Waals surface area contributed by atoms with E-state index in [1.807, 2.05) is 18.2 Å². The van der Waals surface area contributed by atoms with Crippen LogP contribution in [0.25, 0.3) is 10.9 Å². The number of carbonyl (C=O) groups is 1. The fourth-order valence-corrected chi connectivity index (χ4v) is 4.02. The predicted octanol–water partition coefficient (Wildman–Crippen LogP) is 4.95. The SMILES string of the molecule is O=C(O)c1cn(C2CC2)c2cc(Nc3nccc(Cc4cccc(Cl)c4)n3)c(F)cc2c1=O. The molecule has 33 heavy (non-hydrogen) atoms. The summed E-state index contributed by atoms with van der Waals surface area (Å²) in [5.74, 6) is -1.83. The monoisotopic (exact) mass is 464 g/mol. The summed E-state index contributed by atoms with van der Waals surface area (Å²) in [6.07, 6.45) is 5.18. The molecular weight excluding hydrogens is 447 g/mol. The molecule has 0 spiro atoms. The molecule has 2 N–H and O–H groups in total. The maximum atomic E-state index is 14.9. The van der Waals surface area contributed by atoms with Crippen LogP contribution in [0.5, 0.6) is 0 Å². The number of aromatic nitrogens is 3. The van der Waals surface area contributed by atoms with Crippen molar-refractivity contribution < 1.29 is 14.3 Å². The highest BCUT2D eigenvalue weighted by molar-refractivity contribution is 6.30. The van der Waals surface area contributed by atoms with Gasteiger partial charge in [0.05, 0.1) is 16.9 Å². The van der Waals surface area contributed by atoms with Crippen LogP contribution in [0.1, 0.15) is 40.5 Å². The highest BCUT2D eigenvalue weighted by Gasteiger charge is 2.27. The average Bonchev–Trinajstić information content (AvgIpc) is 3.60. The second-order valence-electron chi connectivity index (χ2n) is 7.97. The molecule has 0 saturated heterocycles. The Labute approximate surface area is 192 Å².